The number of aromatic nitrogens is 3. The predicted molar refractivity (Wildman–Crippen MR) is 141 cm³/mol. The van der Waals surface area contributed by atoms with Crippen LogP contribution in [0.25, 0.3) is 16.8 Å². The molecule has 0 radical (unpaired) electrons. The summed E-state index contributed by atoms with van der Waals surface area (Å²) in [4.78, 5) is 32.4. The molecule has 1 aromatic carbocycles. The van der Waals surface area contributed by atoms with E-state index in [2.05, 4.69) is 15.4 Å². The fourth-order valence-corrected chi connectivity index (χ4v) is 5.40. The minimum Gasteiger partial charge on any atom is -0.330 e. The number of amides is 2. The summed E-state index contributed by atoms with van der Waals surface area (Å²) in [6.07, 6.45) is 4.68. The molecular formula is C28H27ClF3N5O2. The molecule has 2 bridgehead atoms. The predicted octanol–water partition coefficient (Wildman–Crippen LogP) is 6.48. The summed E-state index contributed by atoms with van der Waals surface area (Å²) in [7, 11) is 0. The van der Waals surface area contributed by atoms with E-state index < -0.39 is 29.9 Å². The Balaban J connectivity index is 1.55. The lowest BCUT2D eigenvalue weighted by Crippen LogP contribution is -2.38. The van der Waals surface area contributed by atoms with E-state index in [0.29, 0.717) is 41.9 Å². The second-order valence-corrected chi connectivity index (χ2v) is 10.3. The van der Waals surface area contributed by atoms with Gasteiger partial charge >= 0.3 is 0 Å². The van der Waals surface area contributed by atoms with Crippen LogP contribution in [0, 0.1) is 17.6 Å². The van der Waals surface area contributed by atoms with Gasteiger partial charge in [0.1, 0.15) is 5.82 Å². The molecule has 0 fully saturated rings. The van der Waals surface area contributed by atoms with Crippen LogP contribution in [0.2, 0.25) is 5.02 Å². The number of pyridine rings is 1. The number of anilines is 1. The van der Waals surface area contributed by atoms with E-state index >= 15 is 0 Å². The fourth-order valence-electron chi connectivity index (χ4n) is 5.24. The van der Waals surface area contributed by atoms with Gasteiger partial charge in [-0.25, -0.2) is 17.9 Å². The Morgan fingerprint density at radius 1 is 1.18 bits per heavy atom. The van der Waals surface area contributed by atoms with Gasteiger partial charge in [0.05, 0.1) is 39.9 Å². The summed E-state index contributed by atoms with van der Waals surface area (Å²) in [6, 6.07) is 5.21. The molecule has 0 aliphatic carbocycles. The maximum atomic E-state index is 14.7. The third kappa shape index (κ3) is 5.17. The van der Waals surface area contributed by atoms with Crippen molar-refractivity contribution in [3.8, 4) is 11.3 Å². The van der Waals surface area contributed by atoms with Crippen LogP contribution in [0.15, 0.2) is 42.7 Å². The van der Waals surface area contributed by atoms with Crippen LogP contribution in [0.5, 0.6) is 0 Å². The molecule has 5 rings (SSSR count). The number of hydrogen-bond donors (Lipinski definition) is 1. The van der Waals surface area contributed by atoms with Crippen molar-refractivity contribution in [2.24, 2.45) is 5.92 Å². The number of halogens is 4. The molecule has 1 N–H and O–H groups in total. The van der Waals surface area contributed by atoms with E-state index in [0.717, 1.165) is 12.1 Å². The molecule has 2 aliphatic rings. The third-order valence-corrected chi connectivity index (χ3v) is 7.58. The Labute approximate surface area is 228 Å². The van der Waals surface area contributed by atoms with Crippen molar-refractivity contribution in [2.75, 3.05) is 11.9 Å². The summed E-state index contributed by atoms with van der Waals surface area (Å²) in [6.45, 7) is 3.36. The molecule has 0 spiro atoms. The van der Waals surface area contributed by atoms with Crippen LogP contribution in [0.3, 0.4) is 0 Å². The maximum absolute atomic E-state index is 14.7. The fraction of sp³-hybridized carbons (Fsp3) is 0.357. The Morgan fingerprint density at radius 2 is 1.97 bits per heavy atom. The summed E-state index contributed by atoms with van der Waals surface area (Å²) in [5.41, 5.74) is 1.89. The number of carbonyl (C=O) groups excluding carboxylic acids is 2. The van der Waals surface area contributed by atoms with Crippen molar-refractivity contribution in [1.82, 2.24) is 19.7 Å². The second kappa shape index (κ2) is 10.8. The smallest absolute Gasteiger partial charge is 0.247 e. The van der Waals surface area contributed by atoms with Crippen molar-refractivity contribution in [3.63, 3.8) is 0 Å². The molecule has 0 saturated heterocycles. The number of nitrogens with one attached hydrogen (secondary N) is 1. The summed E-state index contributed by atoms with van der Waals surface area (Å²) in [5.74, 6) is -2.64. The van der Waals surface area contributed by atoms with Gasteiger partial charge in [0.25, 0.3) is 0 Å². The van der Waals surface area contributed by atoms with Gasteiger partial charge in [-0.15, -0.1) is 0 Å². The van der Waals surface area contributed by atoms with E-state index in [-0.39, 0.29) is 40.9 Å². The van der Waals surface area contributed by atoms with Crippen LogP contribution >= 0.6 is 11.6 Å². The SMILES string of the molecule is CC(F)n1ncc2c1-c1ccnc(c1)[C@@H](N1CCC(c3c(F)ccc(Cl)c3F)=CC1=O)CCC[C@@H](C)C(=O)N2. The zero-order valence-electron chi connectivity index (χ0n) is 21.4. The van der Waals surface area contributed by atoms with Gasteiger partial charge in [-0.1, -0.05) is 24.9 Å². The Bertz CT molecular complexity index is 1470. The highest BCUT2D eigenvalue weighted by Gasteiger charge is 2.32. The third-order valence-electron chi connectivity index (χ3n) is 7.29. The zero-order chi connectivity index (χ0) is 27.8. The van der Waals surface area contributed by atoms with Gasteiger partial charge in [0.15, 0.2) is 12.1 Å². The number of hydrogen-bond acceptors (Lipinski definition) is 4. The molecule has 2 aromatic heterocycles. The van der Waals surface area contributed by atoms with Gasteiger partial charge in [0, 0.05) is 30.3 Å². The van der Waals surface area contributed by atoms with Gasteiger partial charge in [-0.2, -0.15) is 5.10 Å². The lowest BCUT2D eigenvalue weighted by Gasteiger charge is -2.34. The average Bonchev–Trinajstić information content (AvgIpc) is 3.33. The molecule has 7 nitrogen and oxygen atoms in total. The first-order chi connectivity index (χ1) is 18.7. The van der Waals surface area contributed by atoms with Crippen LogP contribution in [-0.2, 0) is 9.59 Å². The van der Waals surface area contributed by atoms with Crippen molar-refractivity contribution in [2.45, 2.75) is 51.9 Å². The molecule has 11 heteroatoms. The number of rotatable bonds is 3. The normalized spacial score (nSPS) is 20.9. The minimum absolute atomic E-state index is 0.202. The monoisotopic (exact) mass is 557 g/mol. The molecular weight excluding hydrogens is 531 g/mol. The van der Waals surface area contributed by atoms with Crippen LogP contribution in [-0.4, -0.2) is 38.0 Å². The number of carbonyl (C=O) groups is 2. The topological polar surface area (TPSA) is 80.1 Å². The second-order valence-electron chi connectivity index (χ2n) is 9.90. The molecule has 2 aliphatic heterocycles. The number of fused-ring (bicyclic) bond motifs is 4. The molecule has 204 valence electrons. The van der Waals surface area contributed by atoms with Gasteiger partial charge in [-0.3, -0.25) is 14.6 Å². The highest BCUT2D eigenvalue weighted by molar-refractivity contribution is 6.31. The van der Waals surface area contributed by atoms with Crippen molar-refractivity contribution in [1.29, 1.82) is 0 Å². The van der Waals surface area contributed by atoms with Crippen LogP contribution in [0.4, 0.5) is 18.9 Å². The van der Waals surface area contributed by atoms with Gasteiger partial charge in [-0.05, 0) is 56.0 Å². The maximum Gasteiger partial charge on any atom is 0.247 e. The molecule has 0 saturated carbocycles. The standard InChI is InChI=1S/C28H27ClF3N5O2/c1-15-4-3-5-23(36-11-9-17(13-24(36)38)25-20(31)7-6-19(29)26(25)32)21-12-18(8-10-33-21)27-22(35-28(15)39)14-34-37(27)16(2)30/h6-8,10,12-16,23H,3-5,9,11H2,1-2H3,(H,35,39)/t15-,16?,23+/m1/s1. The minimum atomic E-state index is -1.46. The van der Waals surface area contributed by atoms with Crippen molar-refractivity contribution >= 4 is 34.7 Å². The lowest BCUT2D eigenvalue weighted by molar-refractivity contribution is -0.129. The van der Waals surface area contributed by atoms with Crippen molar-refractivity contribution < 1.29 is 22.8 Å². The average molecular weight is 558 g/mol. The molecule has 2 amide bonds. The van der Waals surface area contributed by atoms with E-state index in [1.165, 1.54) is 23.9 Å². The Kier molecular flexibility index (Phi) is 7.48. The largest absolute Gasteiger partial charge is 0.330 e. The van der Waals surface area contributed by atoms with Crippen LogP contribution < -0.4 is 5.32 Å². The van der Waals surface area contributed by atoms with E-state index in [1.807, 2.05) is 6.92 Å². The van der Waals surface area contributed by atoms with E-state index in [4.69, 9.17) is 11.6 Å². The van der Waals surface area contributed by atoms with Gasteiger partial charge in [0.2, 0.25) is 11.8 Å². The number of alkyl halides is 1. The first kappa shape index (κ1) is 26.9. The van der Waals surface area contributed by atoms with Gasteiger partial charge < -0.3 is 10.2 Å². The molecule has 3 aromatic rings. The molecule has 4 heterocycles. The molecule has 3 atom stereocenters. The quantitative estimate of drug-likeness (QED) is 0.374. The Hall–Kier alpha value is -3.66. The lowest BCUT2D eigenvalue weighted by atomic mass is 9.93. The summed E-state index contributed by atoms with van der Waals surface area (Å²) >= 11 is 5.87. The number of nitrogens with zero attached hydrogens (tertiary/aromatic N) is 4. The highest BCUT2D eigenvalue weighted by atomic mass is 35.5. The summed E-state index contributed by atoms with van der Waals surface area (Å²) < 4.78 is 44.8. The van der Waals surface area contributed by atoms with E-state index in [9.17, 15) is 22.8 Å². The number of benzene rings is 1. The Morgan fingerprint density at radius 3 is 2.72 bits per heavy atom. The molecule has 1 unspecified atom stereocenters. The van der Waals surface area contributed by atoms with E-state index in [1.54, 1.807) is 23.2 Å². The first-order valence-electron chi connectivity index (χ1n) is 12.8. The van der Waals surface area contributed by atoms with Crippen molar-refractivity contribution in [3.05, 3.63) is 70.6 Å². The highest BCUT2D eigenvalue weighted by Crippen LogP contribution is 2.38. The molecule has 39 heavy (non-hydrogen) atoms. The first-order valence-corrected chi connectivity index (χ1v) is 13.2. The zero-order valence-corrected chi connectivity index (χ0v) is 22.2. The summed E-state index contributed by atoms with van der Waals surface area (Å²) in [5, 5.41) is 6.80. The van der Waals surface area contributed by atoms with Crippen LogP contribution in [0.1, 0.15) is 63.1 Å².